The minimum atomic E-state index is -0.435. The van der Waals surface area contributed by atoms with E-state index in [9.17, 15) is 9.59 Å². The molecule has 1 amide bonds. The van der Waals surface area contributed by atoms with Crippen LogP contribution in [0.25, 0.3) is 0 Å². The predicted octanol–water partition coefficient (Wildman–Crippen LogP) is 3.98. The lowest BCUT2D eigenvalue weighted by Gasteiger charge is -2.28. The van der Waals surface area contributed by atoms with Crippen LogP contribution in [0.15, 0.2) is 65.9 Å². The Bertz CT molecular complexity index is 862. The van der Waals surface area contributed by atoms with Crippen molar-refractivity contribution in [1.82, 2.24) is 5.32 Å². The normalized spacial score (nSPS) is 16.6. The molecule has 6 heteroatoms. The number of halogens is 1. The first-order chi connectivity index (χ1) is 13.6. The first-order valence-corrected chi connectivity index (χ1v) is 9.44. The van der Waals surface area contributed by atoms with Gasteiger partial charge in [-0.3, -0.25) is 4.79 Å². The van der Waals surface area contributed by atoms with E-state index < -0.39 is 5.97 Å². The summed E-state index contributed by atoms with van der Waals surface area (Å²) < 4.78 is 10.7. The van der Waals surface area contributed by atoms with Crippen LogP contribution in [-0.2, 0) is 25.7 Å². The van der Waals surface area contributed by atoms with E-state index in [1.165, 1.54) is 0 Å². The average Bonchev–Trinajstić information content (AvgIpc) is 2.71. The average molecular weight is 400 g/mol. The molecule has 2 aromatic rings. The van der Waals surface area contributed by atoms with Gasteiger partial charge in [-0.1, -0.05) is 54.1 Å². The molecular formula is C22H22ClNO4. The number of nitrogens with one attached hydrogen (secondary N) is 1. The summed E-state index contributed by atoms with van der Waals surface area (Å²) in [5.74, 6) is -0.957. The van der Waals surface area contributed by atoms with Crippen molar-refractivity contribution in [3.8, 4) is 0 Å². The first kappa shape index (κ1) is 20.1. The van der Waals surface area contributed by atoms with Gasteiger partial charge in [0, 0.05) is 36.6 Å². The van der Waals surface area contributed by atoms with Gasteiger partial charge in [0.25, 0.3) is 0 Å². The highest BCUT2D eigenvalue weighted by Crippen LogP contribution is 2.35. The summed E-state index contributed by atoms with van der Waals surface area (Å²) in [4.78, 5) is 25.3. The molecule has 146 valence electrons. The third-order valence-corrected chi connectivity index (χ3v) is 4.87. The van der Waals surface area contributed by atoms with Crippen LogP contribution in [0.4, 0.5) is 0 Å². The van der Waals surface area contributed by atoms with Crippen LogP contribution in [0.2, 0.25) is 5.02 Å². The van der Waals surface area contributed by atoms with E-state index >= 15 is 0 Å². The Kier molecular flexibility index (Phi) is 6.85. The molecule has 0 aromatic heterocycles. The number of ether oxygens (including phenoxy) is 2. The van der Waals surface area contributed by atoms with Gasteiger partial charge in [0.1, 0.15) is 6.61 Å². The van der Waals surface area contributed by atoms with Crippen LogP contribution in [0.1, 0.15) is 29.9 Å². The number of methoxy groups -OCH3 is 1. The van der Waals surface area contributed by atoms with Crippen molar-refractivity contribution in [3.05, 3.63) is 82.0 Å². The fourth-order valence-corrected chi connectivity index (χ4v) is 3.36. The molecule has 0 saturated heterocycles. The maximum absolute atomic E-state index is 13.0. The quantitative estimate of drug-likeness (QED) is 0.715. The molecule has 2 aromatic carbocycles. The Hall–Kier alpha value is -2.63. The highest BCUT2D eigenvalue weighted by Gasteiger charge is 2.34. The van der Waals surface area contributed by atoms with Gasteiger partial charge in [-0.25, -0.2) is 4.79 Å². The van der Waals surface area contributed by atoms with Crippen molar-refractivity contribution < 1.29 is 19.1 Å². The second-order valence-electron chi connectivity index (χ2n) is 6.55. The Morgan fingerprint density at radius 2 is 1.86 bits per heavy atom. The third kappa shape index (κ3) is 5.00. The molecule has 1 atom stereocenters. The zero-order valence-electron chi connectivity index (χ0n) is 15.6. The monoisotopic (exact) mass is 399 g/mol. The van der Waals surface area contributed by atoms with Crippen LogP contribution in [-0.4, -0.2) is 25.6 Å². The van der Waals surface area contributed by atoms with Gasteiger partial charge in [-0.2, -0.15) is 0 Å². The molecule has 0 aliphatic carbocycles. The van der Waals surface area contributed by atoms with Gasteiger partial charge >= 0.3 is 5.97 Å². The summed E-state index contributed by atoms with van der Waals surface area (Å²) in [5, 5.41) is 3.42. The summed E-state index contributed by atoms with van der Waals surface area (Å²) in [6, 6.07) is 16.7. The number of amides is 1. The Labute approximate surface area is 169 Å². The summed E-state index contributed by atoms with van der Waals surface area (Å²) in [7, 11) is 1.58. The lowest BCUT2D eigenvalue weighted by molar-refractivity contribution is -0.141. The Morgan fingerprint density at radius 1 is 1.14 bits per heavy atom. The zero-order chi connectivity index (χ0) is 19.9. The standard InChI is InChI=1S/C22H22ClNO4/c1-27-12-11-19-21(22(26)28-14-15-5-3-2-4-6-15)18(13-20(25)24-19)16-7-9-17(23)10-8-16/h2-10,18H,11-14H2,1H3,(H,24,25). The Morgan fingerprint density at radius 3 is 2.54 bits per heavy atom. The minimum absolute atomic E-state index is 0.134. The van der Waals surface area contributed by atoms with Crippen LogP contribution < -0.4 is 5.32 Å². The molecule has 1 heterocycles. The van der Waals surface area contributed by atoms with Gasteiger partial charge in [0.05, 0.1) is 12.2 Å². The number of hydrogen-bond acceptors (Lipinski definition) is 4. The molecule has 1 unspecified atom stereocenters. The molecule has 0 fully saturated rings. The van der Waals surface area contributed by atoms with E-state index in [2.05, 4.69) is 5.32 Å². The number of benzene rings is 2. The fourth-order valence-electron chi connectivity index (χ4n) is 3.23. The van der Waals surface area contributed by atoms with Crippen molar-refractivity contribution in [2.24, 2.45) is 0 Å². The fraction of sp³-hybridized carbons (Fsp3) is 0.273. The van der Waals surface area contributed by atoms with E-state index in [4.69, 9.17) is 21.1 Å². The zero-order valence-corrected chi connectivity index (χ0v) is 16.4. The number of esters is 1. The second-order valence-corrected chi connectivity index (χ2v) is 6.99. The SMILES string of the molecule is COCCC1=C(C(=O)OCc2ccccc2)C(c2ccc(Cl)cc2)CC(=O)N1. The van der Waals surface area contributed by atoms with Crippen molar-refractivity contribution in [2.45, 2.75) is 25.4 Å². The summed E-state index contributed by atoms with van der Waals surface area (Å²) in [6.45, 7) is 0.556. The molecule has 0 spiro atoms. The second kappa shape index (κ2) is 9.53. The lowest BCUT2D eigenvalue weighted by atomic mass is 9.83. The Balaban J connectivity index is 1.91. The summed E-state index contributed by atoms with van der Waals surface area (Å²) >= 11 is 5.99. The predicted molar refractivity (Wildman–Crippen MR) is 107 cm³/mol. The molecule has 1 aliphatic rings. The number of rotatable bonds is 7. The smallest absolute Gasteiger partial charge is 0.336 e. The maximum atomic E-state index is 13.0. The van der Waals surface area contributed by atoms with Crippen molar-refractivity contribution in [1.29, 1.82) is 0 Å². The van der Waals surface area contributed by atoms with Gasteiger partial charge in [0.15, 0.2) is 0 Å². The largest absolute Gasteiger partial charge is 0.457 e. The highest BCUT2D eigenvalue weighted by molar-refractivity contribution is 6.30. The van der Waals surface area contributed by atoms with Crippen molar-refractivity contribution in [3.63, 3.8) is 0 Å². The van der Waals surface area contributed by atoms with Gasteiger partial charge < -0.3 is 14.8 Å². The molecule has 1 N–H and O–H groups in total. The van der Waals surface area contributed by atoms with Crippen LogP contribution in [0, 0.1) is 0 Å². The van der Waals surface area contributed by atoms with Gasteiger partial charge in [-0.05, 0) is 23.3 Å². The molecule has 0 bridgehead atoms. The van der Waals surface area contributed by atoms with E-state index in [1.54, 1.807) is 19.2 Å². The van der Waals surface area contributed by atoms with E-state index in [0.717, 1.165) is 11.1 Å². The van der Waals surface area contributed by atoms with Crippen LogP contribution in [0.3, 0.4) is 0 Å². The van der Waals surface area contributed by atoms with Crippen LogP contribution >= 0.6 is 11.6 Å². The molecular weight excluding hydrogens is 378 g/mol. The summed E-state index contributed by atoms with van der Waals surface area (Å²) in [5.41, 5.74) is 2.77. The maximum Gasteiger partial charge on any atom is 0.336 e. The van der Waals surface area contributed by atoms with Crippen molar-refractivity contribution >= 4 is 23.5 Å². The third-order valence-electron chi connectivity index (χ3n) is 4.61. The highest BCUT2D eigenvalue weighted by atomic mass is 35.5. The van der Waals surface area contributed by atoms with E-state index in [0.29, 0.717) is 29.3 Å². The van der Waals surface area contributed by atoms with E-state index in [1.807, 2.05) is 42.5 Å². The molecule has 1 aliphatic heterocycles. The van der Waals surface area contributed by atoms with Gasteiger partial charge in [-0.15, -0.1) is 0 Å². The van der Waals surface area contributed by atoms with Crippen LogP contribution in [0.5, 0.6) is 0 Å². The molecule has 0 saturated carbocycles. The number of carbonyl (C=O) groups excluding carboxylic acids is 2. The topological polar surface area (TPSA) is 64.6 Å². The minimum Gasteiger partial charge on any atom is -0.457 e. The van der Waals surface area contributed by atoms with Crippen molar-refractivity contribution in [2.75, 3.05) is 13.7 Å². The first-order valence-electron chi connectivity index (χ1n) is 9.07. The number of carbonyl (C=O) groups is 2. The number of hydrogen-bond donors (Lipinski definition) is 1. The molecule has 0 radical (unpaired) electrons. The lowest BCUT2D eigenvalue weighted by Crippen LogP contribution is -2.35. The molecule has 3 rings (SSSR count). The molecule has 5 nitrogen and oxygen atoms in total. The molecule has 28 heavy (non-hydrogen) atoms. The van der Waals surface area contributed by atoms with E-state index in [-0.39, 0.29) is 24.9 Å². The van der Waals surface area contributed by atoms with Gasteiger partial charge in [0.2, 0.25) is 5.91 Å². The summed E-state index contributed by atoms with van der Waals surface area (Å²) in [6.07, 6.45) is 0.593.